The molecular weight excluding hydrogens is 269 g/mol. The highest BCUT2D eigenvalue weighted by atomic mass is 19.1. The fraction of sp³-hybridized carbons (Fsp3) is 0.294. The van der Waals surface area contributed by atoms with Crippen LogP contribution in [0.2, 0.25) is 0 Å². The summed E-state index contributed by atoms with van der Waals surface area (Å²) in [5.41, 5.74) is 2.16. The molecule has 0 fully saturated rings. The summed E-state index contributed by atoms with van der Waals surface area (Å²) in [6.07, 6.45) is 0.835. The summed E-state index contributed by atoms with van der Waals surface area (Å²) in [7, 11) is 3.32. The van der Waals surface area contributed by atoms with Crippen LogP contribution in [0.4, 0.5) is 4.39 Å². The molecule has 4 heteroatoms. The van der Waals surface area contributed by atoms with E-state index in [-0.39, 0.29) is 5.82 Å². The molecule has 2 aromatic rings. The maximum Gasteiger partial charge on any atom is 0.123 e. The Morgan fingerprint density at radius 3 is 2.43 bits per heavy atom. The van der Waals surface area contributed by atoms with Gasteiger partial charge >= 0.3 is 0 Å². The van der Waals surface area contributed by atoms with Crippen LogP contribution >= 0.6 is 0 Å². The summed E-state index contributed by atoms with van der Waals surface area (Å²) in [6.45, 7) is 1.52. The average molecular weight is 289 g/mol. The number of rotatable bonds is 7. The van der Waals surface area contributed by atoms with Crippen molar-refractivity contribution >= 4 is 0 Å². The van der Waals surface area contributed by atoms with Crippen LogP contribution in [0, 0.1) is 5.82 Å². The molecule has 0 radical (unpaired) electrons. The molecule has 112 valence electrons. The van der Waals surface area contributed by atoms with Crippen molar-refractivity contribution in [3.63, 3.8) is 0 Å². The molecular formula is C17H20FNO2. The molecule has 0 aliphatic heterocycles. The van der Waals surface area contributed by atoms with Crippen LogP contribution in [0.1, 0.15) is 11.1 Å². The molecule has 0 saturated heterocycles. The topological polar surface area (TPSA) is 30.5 Å². The second-order valence-electron chi connectivity index (χ2n) is 4.73. The number of hydrogen-bond acceptors (Lipinski definition) is 3. The minimum Gasteiger partial charge on any atom is -0.497 e. The van der Waals surface area contributed by atoms with Crippen molar-refractivity contribution in [2.24, 2.45) is 0 Å². The number of methoxy groups -OCH3 is 2. The number of benzene rings is 2. The first-order valence-corrected chi connectivity index (χ1v) is 6.89. The zero-order valence-electron chi connectivity index (χ0n) is 12.4. The summed E-state index contributed by atoms with van der Waals surface area (Å²) in [5.74, 6) is 1.48. The third-order valence-electron chi connectivity index (χ3n) is 3.30. The average Bonchev–Trinajstić information content (AvgIpc) is 2.53. The molecule has 2 aromatic carbocycles. The molecule has 0 saturated carbocycles. The SMILES string of the molecule is COc1ccc(OC)c(CCNCc2ccc(F)cc2)c1. The summed E-state index contributed by atoms with van der Waals surface area (Å²) in [4.78, 5) is 0. The lowest BCUT2D eigenvalue weighted by Gasteiger charge is -2.11. The zero-order chi connectivity index (χ0) is 15.1. The molecule has 0 unspecified atom stereocenters. The van der Waals surface area contributed by atoms with E-state index in [1.165, 1.54) is 12.1 Å². The second-order valence-corrected chi connectivity index (χ2v) is 4.73. The predicted octanol–water partition coefficient (Wildman–Crippen LogP) is 3.18. The zero-order valence-corrected chi connectivity index (χ0v) is 12.4. The van der Waals surface area contributed by atoms with Gasteiger partial charge in [-0.1, -0.05) is 12.1 Å². The quantitative estimate of drug-likeness (QED) is 0.794. The lowest BCUT2D eigenvalue weighted by atomic mass is 10.1. The van der Waals surface area contributed by atoms with Crippen molar-refractivity contribution in [2.45, 2.75) is 13.0 Å². The first kappa shape index (κ1) is 15.3. The van der Waals surface area contributed by atoms with Crippen LogP contribution in [-0.4, -0.2) is 20.8 Å². The third-order valence-corrected chi connectivity index (χ3v) is 3.30. The van der Waals surface area contributed by atoms with E-state index in [9.17, 15) is 4.39 Å². The Hall–Kier alpha value is -2.07. The van der Waals surface area contributed by atoms with Gasteiger partial charge in [-0.2, -0.15) is 0 Å². The lowest BCUT2D eigenvalue weighted by molar-refractivity contribution is 0.398. The standard InChI is InChI=1S/C17H20FNO2/c1-20-16-7-8-17(21-2)14(11-16)9-10-19-12-13-3-5-15(18)6-4-13/h3-8,11,19H,9-10,12H2,1-2H3. The molecule has 0 aliphatic rings. The van der Waals surface area contributed by atoms with Crippen LogP contribution in [0.15, 0.2) is 42.5 Å². The Bertz CT molecular complexity index is 570. The molecule has 1 N–H and O–H groups in total. The monoisotopic (exact) mass is 289 g/mol. The van der Waals surface area contributed by atoms with E-state index in [1.54, 1.807) is 26.4 Å². The van der Waals surface area contributed by atoms with E-state index < -0.39 is 0 Å². The molecule has 0 aliphatic carbocycles. The number of nitrogens with one attached hydrogen (secondary N) is 1. The molecule has 0 bridgehead atoms. The third kappa shape index (κ3) is 4.46. The van der Waals surface area contributed by atoms with Crippen LogP contribution in [0.5, 0.6) is 11.5 Å². The van der Waals surface area contributed by atoms with Gasteiger partial charge in [0.05, 0.1) is 14.2 Å². The molecule has 21 heavy (non-hydrogen) atoms. The van der Waals surface area contributed by atoms with Crippen LogP contribution in [-0.2, 0) is 13.0 Å². The van der Waals surface area contributed by atoms with Crippen molar-refractivity contribution in [3.8, 4) is 11.5 Å². The summed E-state index contributed by atoms with van der Waals surface area (Å²) in [6, 6.07) is 12.3. The first-order valence-electron chi connectivity index (χ1n) is 6.89. The highest BCUT2D eigenvalue weighted by Gasteiger charge is 2.04. The number of ether oxygens (including phenoxy) is 2. The van der Waals surface area contributed by atoms with Crippen LogP contribution in [0.3, 0.4) is 0 Å². The van der Waals surface area contributed by atoms with Crippen molar-refractivity contribution in [1.29, 1.82) is 0 Å². The molecule has 0 amide bonds. The Balaban J connectivity index is 1.86. The van der Waals surface area contributed by atoms with E-state index >= 15 is 0 Å². The van der Waals surface area contributed by atoms with Gasteiger partial charge in [0, 0.05) is 6.54 Å². The van der Waals surface area contributed by atoms with Crippen LogP contribution in [0.25, 0.3) is 0 Å². The predicted molar refractivity (Wildman–Crippen MR) is 81.4 cm³/mol. The minimum absolute atomic E-state index is 0.208. The van der Waals surface area contributed by atoms with Crippen LogP contribution < -0.4 is 14.8 Å². The maximum absolute atomic E-state index is 12.8. The fourth-order valence-electron chi connectivity index (χ4n) is 2.14. The Morgan fingerprint density at radius 1 is 1.00 bits per heavy atom. The maximum atomic E-state index is 12.8. The Kier molecular flexibility index (Phi) is 5.58. The number of hydrogen-bond donors (Lipinski definition) is 1. The number of halogens is 1. The van der Waals surface area contributed by atoms with E-state index in [4.69, 9.17) is 9.47 Å². The molecule has 2 rings (SSSR count). The van der Waals surface area contributed by atoms with Crippen molar-refractivity contribution in [1.82, 2.24) is 5.32 Å². The normalized spacial score (nSPS) is 10.4. The van der Waals surface area contributed by atoms with E-state index in [0.29, 0.717) is 6.54 Å². The molecule has 0 heterocycles. The molecule has 3 nitrogen and oxygen atoms in total. The van der Waals surface area contributed by atoms with Gasteiger partial charge in [0.15, 0.2) is 0 Å². The summed E-state index contributed by atoms with van der Waals surface area (Å²) in [5, 5.41) is 3.34. The van der Waals surface area contributed by atoms with Gasteiger partial charge in [-0.25, -0.2) is 4.39 Å². The van der Waals surface area contributed by atoms with Gasteiger partial charge in [-0.05, 0) is 54.4 Å². The van der Waals surface area contributed by atoms with E-state index in [2.05, 4.69) is 5.32 Å². The van der Waals surface area contributed by atoms with Gasteiger partial charge < -0.3 is 14.8 Å². The van der Waals surface area contributed by atoms with Crippen molar-refractivity contribution in [3.05, 3.63) is 59.4 Å². The Morgan fingerprint density at radius 2 is 1.76 bits per heavy atom. The summed E-state index contributed by atoms with van der Waals surface area (Å²) >= 11 is 0. The van der Waals surface area contributed by atoms with Crippen molar-refractivity contribution < 1.29 is 13.9 Å². The second kappa shape index (κ2) is 7.64. The van der Waals surface area contributed by atoms with Gasteiger partial charge in [0.25, 0.3) is 0 Å². The fourth-order valence-corrected chi connectivity index (χ4v) is 2.14. The highest BCUT2D eigenvalue weighted by Crippen LogP contribution is 2.24. The first-order chi connectivity index (χ1) is 10.2. The van der Waals surface area contributed by atoms with Gasteiger partial charge in [-0.15, -0.1) is 0 Å². The van der Waals surface area contributed by atoms with Gasteiger partial charge in [0.1, 0.15) is 17.3 Å². The molecule has 0 atom stereocenters. The molecule has 0 aromatic heterocycles. The molecule has 0 spiro atoms. The van der Waals surface area contributed by atoms with Gasteiger partial charge in [-0.3, -0.25) is 0 Å². The largest absolute Gasteiger partial charge is 0.497 e. The lowest BCUT2D eigenvalue weighted by Crippen LogP contribution is -2.17. The smallest absolute Gasteiger partial charge is 0.123 e. The van der Waals surface area contributed by atoms with E-state index in [1.807, 2.05) is 18.2 Å². The minimum atomic E-state index is -0.208. The highest BCUT2D eigenvalue weighted by molar-refractivity contribution is 5.40. The summed E-state index contributed by atoms with van der Waals surface area (Å²) < 4.78 is 23.4. The Labute approximate surface area is 124 Å². The van der Waals surface area contributed by atoms with Gasteiger partial charge in [0.2, 0.25) is 0 Å². The van der Waals surface area contributed by atoms with E-state index in [0.717, 1.165) is 35.6 Å². The van der Waals surface area contributed by atoms with Crippen molar-refractivity contribution in [2.75, 3.05) is 20.8 Å².